The number of carbonyl (C=O) groups excluding carboxylic acids is 2. The van der Waals surface area contributed by atoms with E-state index in [4.69, 9.17) is 11.6 Å². The summed E-state index contributed by atoms with van der Waals surface area (Å²) in [4.78, 5) is 26.4. The zero-order chi connectivity index (χ0) is 20.9. The zero-order valence-electron chi connectivity index (χ0n) is 15.9. The van der Waals surface area contributed by atoms with Gasteiger partial charge < -0.3 is 10.6 Å². The lowest BCUT2D eigenvalue weighted by atomic mass is 9.95. The molecule has 9 heteroatoms. The minimum atomic E-state index is -4.59. The number of piperidine rings is 1. The van der Waals surface area contributed by atoms with Crippen LogP contribution in [0.5, 0.6) is 0 Å². The second kappa shape index (κ2) is 9.60. The maximum Gasteiger partial charge on any atom is 0.417 e. The van der Waals surface area contributed by atoms with Gasteiger partial charge in [-0.1, -0.05) is 18.5 Å². The van der Waals surface area contributed by atoms with Gasteiger partial charge in [-0.25, -0.2) is 0 Å². The van der Waals surface area contributed by atoms with E-state index in [1.165, 1.54) is 6.07 Å². The van der Waals surface area contributed by atoms with Crippen molar-refractivity contribution in [1.82, 2.24) is 10.2 Å². The molecule has 1 aliphatic heterocycles. The number of benzene rings is 1. The van der Waals surface area contributed by atoms with E-state index < -0.39 is 28.7 Å². The number of likely N-dealkylation sites (tertiary alicyclic amines) is 1. The van der Waals surface area contributed by atoms with Gasteiger partial charge in [-0.3, -0.25) is 14.5 Å². The Balaban J connectivity index is 1.93. The Bertz CT molecular complexity index is 704. The van der Waals surface area contributed by atoms with Crippen LogP contribution in [0.4, 0.5) is 18.9 Å². The molecule has 2 N–H and O–H groups in total. The minimum absolute atomic E-state index is 0.0412. The summed E-state index contributed by atoms with van der Waals surface area (Å²) in [6.07, 6.45) is -2.43. The van der Waals surface area contributed by atoms with Gasteiger partial charge in [0.15, 0.2) is 0 Å². The Hall–Kier alpha value is -1.80. The molecule has 1 aromatic carbocycles. The standard InChI is InChI=1S/C19H25ClF3N3O2/c1-3-8-24-18(28)13-6-9-26(10-7-13)12(2)17(27)25-14-4-5-16(20)15(11-14)19(21,22)23/h4-5,11-13H,3,6-10H2,1-2H3,(H,24,28)(H,25,27). The fourth-order valence-electron chi connectivity index (χ4n) is 3.17. The third-order valence-electron chi connectivity index (χ3n) is 4.92. The first kappa shape index (κ1) is 22.5. The highest BCUT2D eigenvalue weighted by Gasteiger charge is 2.34. The van der Waals surface area contributed by atoms with Gasteiger partial charge in [-0.15, -0.1) is 0 Å². The maximum atomic E-state index is 13.0. The third kappa shape index (κ3) is 5.85. The van der Waals surface area contributed by atoms with E-state index in [9.17, 15) is 22.8 Å². The van der Waals surface area contributed by atoms with E-state index in [2.05, 4.69) is 10.6 Å². The molecular weight excluding hydrogens is 395 g/mol. The summed E-state index contributed by atoms with van der Waals surface area (Å²) in [6, 6.07) is 2.76. The number of amides is 2. The first-order valence-electron chi connectivity index (χ1n) is 9.32. The highest BCUT2D eigenvalue weighted by molar-refractivity contribution is 6.31. The molecule has 5 nitrogen and oxygen atoms in total. The zero-order valence-corrected chi connectivity index (χ0v) is 16.7. The van der Waals surface area contributed by atoms with Crippen LogP contribution in [0.25, 0.3) is 0 Å². The quantitative estimate of drug-likeness (QED) is 0.734. The summed E-state index contributed by atoms with van der Waals surface area (Å²) >= 11 is 5.60. The molecule has 1 fully saturated rings. The first-order valence-corrected chi connectivity index (χ1v) is 9.70. The Morgan fingerprint density at radius 3 is 2.50 bits per heavy atom. The number of rotatable bonds is 6. The highest BCUT2D eigenvalue weighted by Crippen LogP contribution is 2.36. The molecule has 0 aromatic heterocycles. The molecule has 0 bridgehead atoms. The molecular formula is C19H25ClF3N3O2. The molecule has 1 saturated heterocycles. The average Bonchev–Trinajstić information content (AvgIpc) is 2.66. The second-order valence-electron chi connectivity index (χ2n) is 6.96. The molecule has 1 aromatic rings. The summed E-state index contributed by atoms with van der Waals surface area (Å²) < 4.78 is 38.9. The lowest BCUT2D eigenvalue weighted by molar-refractivity contribution is -0.137. The van der Waals surface area contributed by atoms with Gasteiger partial charge in [0.05, 0.1) is 16.6 Å². The van der Waals surface area contributed by atoms with Crippen LogP contribution in [-0.4, -0.2) is 42.4 Å². The topological polar surface area (TPSA) is 61.4 Å². The van der Waals surface area contributed by atoms with E-state index in [0.29, 0.717) is 32.5 Å². The SMILES string of the molecule is CCCNC(=O)C1CCN(C(C)C(=O)Nc2ccc(Cl)c(C(F)(F)F)c2)CC1. The van der Waals surface area contributed by atoms with Crippen molar-refractivity contribution in [3.8, 4) is 0 Å². The van der Waals surface area contributed by atoms with E-state index in [1.54, 1.807) is 6.92 Å². The predicted molar refractivity (Wildman–Crippen MR) is 102 cm³/mol. The number of anilines is 1. The maximum absolute atomic E-state index is 13.0. The fraction of sp³-hybridized carbons (Fsp3) is 0.579. The van der Waals surface area contributed by atoms with Gasteiger partial charge in [-0.2, -0.15) is 13.2 Å². The van der Waals surface area contributed by atoms with Crippen molar-refractivity contribution in [2.45, 2.75) is 45.3 Å². The summed E-state index contributed by atoms with van der Waals surface area (Å²) in [5.41, 5.74) is -0.944. The Morgan fingerprint density at radius 1 is 1.29 bits per heavy atom. The molecule has 156 valence electrons. The molecule has 2 rings (SSSR count). The van der Waals surface area contributed by atoms with Gasteiger partial charge in [-0.05, 0) is 57.5 Å². The lowest BCUT2D eigenvalue weighted by Gasteiger charge is -2.34. The smallest absolute Gasteiger partial charge is 0.356 e. The van der Waals surface area contributed by atoms with Crippen LogP contribution < -0.4 is 10.6 Å². The highest BCUT2D eigenvalue weighted by atomic mass is 35.5. The summed E-state index contributed by atoms with van der Waals surface area (Å²) in [7, 11) is 0. The summed E-state index contributed by atoms with van der Waals surface area (Å²) in [5, 5.41) is 4.99. The second-order valence-corrected chi connectivity index (χ2v) is 7.37. The molecule has 1 heterocycles. The molecule has 1 aliphatic rings. The number of nitrogens with zero attached hydrogens (tertiary/aromatic N) is 1. The number of hydrogen-bond donors (Lipinski definition) is 2. The molecule has 1 atom stereocenters. The van der Waals surface area contributed by atoms with Crippen LogP contribution in [0.2, 0.25) is 5.02 Å². The van der Waals surface area contributed by atoms with E-state index in [0.717, 1.165) is 18.6 Å². The first-order chi connectivity index (χ1) is 13.1. The van der Waals surface area contributed by atoms with Crippen LogP contribution in [-0.2, 0) is 15.8 Å². The van der Waals surface area contributed by atoms with Crippen molar-refractivity contribution in [3.63, 3.8) is 0 Å². The Labute approximate surface area is 167 Å². The van der Waals surface area contributed by atoms with Crippen molar-refractivity contribution < 1.29 is 22.8 Å². The minimum Gasteiger partial charge on any atom is -0.356 e. The number of alkyl halides is 3. The van der Waals surface area contributed by atoms with Crippen molar-refractivity contribution in [2.24, 2.45) is 5.92 Å². The Morgan fingerprint density at radius 2 is 1.93 bits per heavy atom. The summed E-state index contributed by atoms with van der Waals surface area (Å²) in [5.74, 6) is -0.424. The molecule has 1 unspecified atom stereocenters. The van der Waals surface area contributed by atoms with Crippen LogP contribution in [0, 0.1) is 5.92 Å². The van der Waals surface area contributed by atoms with Gasteiger partial charge in [0.25, 0.3) is 0 Å². The largest absolute Gasteiger partial charge is 0.417 e. The molecule has 0 aliphatic carbocycles. The van der Waals surface area contributed by atoms with Gasteiger partial charge in [0, 0.05) is 18.2 Å². The van der Waals surface area contributed by atoms with Gasteiger partial charge in [0.2, 0.25) is 11.8 Å². The van der Waals surface area contributed by atoms with Crippen molar-refractivity contribution in [3.05, 3.63) is 28.8 Å². The summed E-state index contributed by atoms with van der Waals surface area (Å²) in [6.45, 7) is 5.49. The van der Waals surface area contributed by atoms with Crippen LogP contribution in [0.15, 0.2) is 18.2 Å². The normalized spacial score (nSPS) is 17.2. The van der Waals surface area contributed by atoms with Crippen LogP contribution >= 0.6 is 11.6 Å². The van der Waals surface area contributed by atoms with Crippen molar-refractivity contribution in [1.29, 1.82) is 0 Å². The van der Waals surface area contributed by atoms with Crippen LogP contribution in [0.1, 0.15) is 38.7 Å². The molecule has 0 saturated carbocycles. The molecule has 28 heavy (non-hydrogen) atoms. The van der Waals surface area contributed by atoms with Crippen LogP contribution in [0.3, 0.4) is 0 Å². The van der Waals surface area contributed by atoms with Gasteiger partial charge >= 0.3 is 6.18 Å². The molecule has 0 radical (unpaired) electrons. The molecule has 0 spiro atoms. The Kier molecular flexibility index (Phi) is 7.71. The number of carbonyl (C=O) groups is 2. The fourth-order valence-corrected chi connectivity index (χ4v) is 3.40. The predicted octanol–water partition coefficient (Wildman–Crippen LogP) is 3.92. The van der Waals surface area contributed by atoms with E-state index in [-0.39, 0.29) is 17.5 Å². The average molecular weight is 420 g/mol. The van der Waals surface area contributed by atoms with Crippen molar-refractivity contribution >= 4 is 29.1 Å². The monoisotopic (exact) mass is 419 g/mol. The van der Waals surface area contributed by atoms with Crippen molar-refractivity contribution in [2.75, 3.05) is 25.0 Å². The molecule has 2 amide bonds. The third-order valence-corrected chi connectivity index (χ3v) is 5.25. The van der Waals surface area contributed by atoms with Gasteiger partial charge in [0.1, 0.15) is 0 Å². The number of halogens is 4. The number of hydrogen-bond acceptors (Lipinski definition) is 3. The van der Waals surface area contributed by atoms with E-state index in [1.807, 2.05) is 11.8 Å². The lowest BCUT2D eigenvalue weighted by Crippen LogP contribution is -2.48. The van der Waals surface area contributed by atoms with E-state index >= 15 is 0 Å². The number of nitrogens with one attached hydrogen (secondary N) is 2.